The molecule has 0 spiro atoms. The highest BCUT2D eigenvalue weighted by Crippen LogP contribution is 2.21. The average molecular weight is 638 g/mol. The van der Waals surface area contributed by atoms with Crippen molar-refractivity contribution in [3.8, 4) is 0 Å². The van der Waals surface area contributed by atoms with E-state index in [-0.39, 0.29) is 31.2 Å². The first-order valence-corrected chi connectivity index (χ1v) is 14.2. The smallest absolute Gasteiger partial charge is 0.346 e. The van der Waals surface area contributed by atoms with Gasteiger partial charge in [-0.15, -0.1) is 9.32 Å². The molecular formula is C25H33N8O8S2+. The fourth-order valence-electron chi connectivity index (χ4n) is 4.20. The fourth-order valence-corrected chi connectivity index (χ4v) is 4.82. The molecule has 0 fully saturated rings. The number of carbonyl (C=O) groups is 3. The third-order valence-corrected chi connectivity index (χ3v) is 6.98. The molecule has 2 heterocycles. The zero-order chi connectivity index (χ0) is 31.2. The predicted octanol–water partition coefficient (Wildman–Crippen LogP) is 0.789. The van der Waals surface area contributed by atoms with Gasteiger partial charge in [0.05, 0.1) is 18.6 Å². The molecule has 1 atom stereocenters. The summed E-state index contributed by atoms with van der Waals surface area (Å²) in [6.45, 7) is 0.992. The summed E-state index contributed by atoms with van der Waals surface area (Å²) in [5.41, 5.74) is 0.639. The zero-order valence-electron chi connectivity index (χ0n) is 23.0. The first kappa shape index (κ1) is 33.6. The minimum Gasteiger partial charge on any atom is -0.480 e. The Morgan fingerprint density at radius 1 is 1.16 bits per heavy atom. The molecule has 0 amide bonds. The number of amidine groups is 1. The van der Waals surface area contributed by atoms with Crippen LogP contribution in [0.1, 0.15) is 25.1 Å². The van der Waals surface area contributed by atoms with Gasteiger partial charge in [0, 0.05) is 23.0 Å². The van der Waals surface area contributed by atoms with Crippen molar-refractivity contribution in [3.63, 3.8) is 0 Å². The molecule has 0 aliphatic carbocycles. The summed E-state index contributed by atoms with van der Waals surface area (Å²) in [5, 5.41) is 34.1. The lowest BCUT2D eigenvalue weighted by Crippen LogP contribution is -2.43. The molecule has 0 saturated carbocycles. The van der Waals surface area contributed by atoms with E-state index >= 15 is 0 Å². The topological polar surface area (TPSA) is 217 Å². The van der Waals surface area contributed by atoms with Crippen molar-refractivity contribution in [1.82, 2.24) is 19.8 Å². The largest absolute Gasteiger partial charge is 0.480 e. The van der Waals surface area contributed by atoms with Crippen LogP contribution in [0, 0.1) is 0 Å². The van der Waals surface area contributed by atoms with Crippen molar-refractivity contribution < 1.29 is 43.6 Å². The lowest BCUT2D eigenvalue weighted by atomic mass is 10.1. The number of rotatable bonds is 19. The number of benzene rings is 1. The number of hydrogen-bond donors (Lipinski definition) is 6. The van der Waals surface area contributed by atoms with E-state index in [0.29, 0.717) is 49.8 Å². The van der Waals surface area contributed by atoms with Crippen molar-refractivity contribution in [2.45, 2.75) is 43.3 Å². The van der Waals surface area contributed by atoms with Crippen LogP contribution in [0.25, 0.3) is 0 Å². The van der Waals surface area contributed by atoms with E-state index in [0.717, 1.165) is 16.9 Å². The Morgan fingerprint density at radius 2 is 1.93 bits per heavy atom. The number of thiocarbonyl (C=S) groups is 1. The molecule has 0 bridgehead atoms. The van der Waals surface area contributed by atoms with E-state index in [2.05, 4.69) is 29.9 Å². The molecule has 16 nitrogen and oxygen atoms in total. The molecule has 43 heavy (non-hydrogen) atoms. The van der Waals surface area contributed by atoms with E-state index in [1.165, 1.54) is 10.8 Å². The van der Waals surface area contributed by atoms with Crippen molar-refractivity contribution in [2.24, 2.45) is 10.9 Å². The van der Waals surface area contributed by atoms with Crippen LogP contribution in [0.4, 0.5) is 5.69 Å². The number of aliphatic carboxylic acids is 3. The minimum absolute atomic E-state index is 0.148. The molecule has 1 aliphatic rings. The molecule has 0 radical (unpaired) electrons. The molecule has 18 heteroatoms. The molecule has 232 valence electrons. The maximum atomic E-state index is 11.9. The van der Waals surface area contributed by atoms with E-state index in [1.807, 2.05) is 4.90 Å². The van der Waals surface area contributed by atoms with Crippen molar-refractivity contribution >= 4 is 65.0 Å². The van der Waals surface area contributed by atoms with Crippen LogP contribution in [-0.4, -0.2) is 102 Å². The number of carboxylic acids is 3. The number of hydrogen-bond acceptors (Lipinski definition) is 11. The Morgan fingerprint density at radius 3 is 2.60 bits per heavy atom. The number of nitrogens with two attached hydrogens (primary N) is 1. The minimum atomic E-state index is -1.05. The lowest BCUT2D eigenvalue weighted by Gasteiger charge is -2.22. The van der Waals surface area contributed by atoms with Gasteiger partial charge in [0.2, 0.25) is 0 Å². The summed E-state index contributed by atoms with van der Waals surface area (Å²) >= 11 is 6.23. The monoisotopic (exact) mass is 637 g/mol. The van der Waals surface area contributed by atoms with Gasteiger partial charge in [-0.25, -0.2) is 19.1 Å². The highest BCUT2D eigenvalue weighted by atomic mass is 32.2. The van der Waals surface area contributed by atoms with Crippen molar-refractivity contribution in [1.29, 1.82) is 0 Å². The number of nitrogens with zero attached hydrogens (tertiary/aromatic N) is 5. The molecule has 1 unspecified atom stereocenters. The average Bonchev–Trinajstić information content (AvgIpc) is 3.57. The SMILES string of the molecule is NOOSc1ccc(NC(=S)NC(CCCCN(CC2=NCC=[N+]2CC(=O)O)Cc2nccn2CC(=O)O)C(=O)O)cc1. The lowest BCUT2D eigenvalue weighted by molar-refractivity contribution is -0.393. The van der Waals surface area contributed by atoms with Crippen LogP contribution >= 0.6 is 24.3 Å². The van der Waals surface area contributed by atoms with E-state index < -0.39 is 23.9 Å². The number of aromatic nitrogens is 2. The van der Waals surface area contributed by atoms with Crippen LogP contribution < -0.4 is 16.5 Å². The van der Waals surface area contributed by atoms with E-state index in [9.17, 15) is 29.7 Å². The third-order valence-electron chi connectivity index (χ3n) is 6.15. The van der Waals surface area contributed by atoms with Crippen LogP contribution in [0.2, 0.25) is 0 Å². The molecule has 1 aliphatic heterocycles. The molecule has 1 aromatic carbocycles. The maximum Gasteiger partial charge on any atom is 0.346 e. The number of nitrogens with one attached hydrogen (secondary N) is 2. The summed E-state index contributed by atoms with van der Waals surface area (Å²) in [7, 11) is 0. The molecule has 1 aromatic heterocycles. The van der Waals surface area contributed by atoms with Gasteiger partial charge < -0.3 is 30.5 Å². The van der Waals surface area contributed by atoms with E-state index in [4.69, 9.17) is 18.1 Å². The molecule has 3 rings (SSSR count). The quantitative estimate of drug-likeness (QED) is 0.0313. The van der Waals surface area contributed by atoms with Crippen molar-refractivity contribution in [2.75, 3.05) is 31.5 Å². The van der Waals surface area contributed by atoms with Crippen LogP contribution in [0.5, 0.6) is 0 Å². The van der Waals surface area contributed by atoms with Gasteiger partial charge in [-0.3, -0.25) is 9.69 Å². The number of unbranched alkanes of at least 4 members (excludes halogenated alkanes) is 1. The van der Waals surface area contributed by atoms with Crippen LogP contribution in [0.15, 0.2) is 46.5 Å². The highest BCUT2D eigenvalue weighted by molar-refractivity contribution is 7.94. The van der Waals surface area contributed by atoms with Gasteiger partial charge in [-0.2, -0.15) is 5.90 Å². The first-order chi connectivity index (χ1) is 20.6. The summed E-state index contributed by atoms with van der Waals surface area (Å²) < 4.78 is 7.69. The van der Waals surface area contributed by atoms with Crippen LogP contribution in [-0.2, 0) is 36.8 Å². The molecule has 0 saturated heterocycles. The number of imidazole rings is 1. The van der Waals surface area contributed by atoms with Gasteiger partial charge in [0.25, 0.3) is 0 Å². The summed E-state index contributed by atoms with van der Waals surface area (Å²) in [6, 6.07) is 5.99. The van der Waals surface area contributed by atoms with E-state index in [1.54, 1.807) is 41.3 Å². The second kappa shape index (κ2) is 17.2. The Hall–Kier alpha value is -3.94. The Bertz CT molecular complexity index is 1330. The third kappa shape index (κ3) is 11.7. The Kier molecular flexibility index (Phi) is 13.5. The number of carboxylic acid groups (broad SMARTS) is 3. The van der Waals surface area contributed by atoms with Gasteiger partial charge >= 0.3 is 23.7 Å². The van der Waals surface area contributed by atoms with Gasteiger partial charge in [-0.05, 0) is 62.3 Å². The van der Waals surface area contributed by atoms with Gasteiger partial charge in [0.15, 0.2) is 18.2 Å². The summed E-state index contributed by atoms with van der Waals surface area (Å²) in [4.78, 5) is 49.9. The Labute approximate surface area is 256 Å². The fraction of sp³-hybridized carbons (Fsp3) is 0.400. The zero-order valence-corrected chi connectivity index (χ0v) is 24.6. The maximum absolute atomic E-state index is 11.9. The predicted molar refractivity (Wildman–Crippen MR) is 160 cm³/mol. The summed E-state index contributed by atoms with van der Waals surface area (Å²) in [5.74, 6) is 2.88. The molecular weight excluding hydrogens is 604 g/mol. The number of anilines is 1. The van der Waals surface area contributed by atoms with Crippen LogP contribution in [0.3, 0.4) is 0 Å². The first-order valence-electron chi connectivity index (χ1n) is 13.0. The van der Waals surface area contributed by atoms with Gasteiger partial charge in [-0.1, -0.05) is 4.99 Å². The second-order valence-corrected chi connectivity index (χ2v) is 10.5. The highest BCUT2D eigenvalue weighted by Gasteiger charge is 2.26. The Balaban J connectivity index is 1.56. The molecule has 7 N–H and O–H groups in total. The summed E-state index contributed by atoms with van der Waals surface area (Å²) in [6.07, 6.45) is 6.20. The normalized spacial score (nSPS) is 13.3. The number of aliphatic imine (C=N–C) groups is 1. The van der Waals surface area contributed by atoms with Crippen molar-refractivity contribution in [3.05, 3.63) is 42.5 Å². The standard InChI is InChI=1S/C25H32N8O8S2/c26-40-41-43-18-6-4-17(5-7-18)29-25(42)30-19(24(38)39)3-1-2-10-31(13-20-27-8-11-32(20)15-22(34)35)14-21-28-9-12-33(21)16-23(36)37/h4-8,11-12,19H,1-3,9-10,13-16,26H2,(H4-,29,30,34,35,36,37,38,39,42)/p+1. The molecule has 2 aromatic rings. The van der Waals surface area contributed by atoms with Gasteiger partial charge in [0.1, 0.15) is 31.2 Å². The second-order valence-electron chi connectivity index (χ2n) is 9.29.